The lowest BCUT2D eigenvalue weighted by Gasteiger charge is -2.11. The van der Waals surface area contributed by atoms with Crippen molar-refractivity contribution in [2.24, 2.45) is 0 Å². The van der Waals surface area contributed by atoms with Gasteiger partial charge in [0.1, 0.15) is 13.2 Å². The van der Waals surface area contributed by atoms with Crippen molar-refractivity contribution < 1.29 is 63.0 Å². The lowest BCUT2D eigenvalue weighted by atomic mass is 10.1. The molecule has 2 rings (SSSR count). The van der Waals surface area contributed by atoms with E-state index in [4.69, 9.17) is 0 Å². The molecular formula is C19H8F10O4. The average Bonchev–Trinajstić information content (AvgIpc) is 2.78. The number of carbonyl (C=O) groups excluding carboxylic acids is 2. The van der Waals surface area contributed by atoms with Gasteiger partial charge in [0.2, 0.25) is 11.6 Å². The fraction of sp³-hybridized carbons (Fsp3) is 0.158. The number of hydrogen-bond acceptors (Lipinski definition) is 4. The zero-order valence-corrected chi connectivity index (χ0v) is 15.7. The number of halogens is 10. The Balaban J connectivity index is 2.00. The summed E-state index contributed by atoms with van der Waals surface area (Å²) in [4.78, 5) is 23.4. The van der Waals surface area contributed by atoms with E-state index in [0.29, 0.717) is 0 Å². The molecule has 0 saturated heterocycles. The molecule has 33 heavy (non-hydrogen) atoms. The maximum absolute atomic E-state index is 13.5. The third-order valence-electron chi connectivity index (χ3n) is 3.97. The monoisotopic (exact) mass is 490 g/mol. The molecule has 178 valence electrons. The van der Waals surface area contributed by atoms with E-state index in [0.717, 1.165) is 0 Å². The first kappa shape index (κ1) is 25.7. The number of benzene rings is 2. The zero-order valence-electron chi connectivity index (χ0n) is 15.7. The Hall–Kier alpha value is -3.58. The Morgan fingerprint density at radius 1 is 0.545 bits per heavy atom. The average molecular weight is 490 g/mol. The van der Waals surface area contributed by atoms with Gasteiger partial charge in [0, 0.05) is 5.57 Å². The van der Waals surface area contributed by atoms with E-state index in [1.54, 1.807) is 0 Å². The predicted octanol–water partition coefficient (Wildman–Crippen LogP) is 4.81. The summed E-state index contributed by atoms with van der Waals surface area (Å²) < 4.78 is 141. The molecule has 0 saturated carbocycles. The Morgan fingerprint density at radius 3 is 1.21 bits per heavy atom. The van der Waals surface area contributed by atoms with E-state index < -0.39 is 106 Å². The molecule has 14 heteroatoms. The Bertz CT molecular complexity index is 1100. The molecule has 0 aliphatic heterocycles. The molecule has 0 bridgehead atoms. The van der Waals surface area contributed by atoms with Crippen molar-refractivity contribution >= 4 is 11.9 Å². The first-order valence-electron chi connectivity index (χ1n) is 8.30. The number of carbonyl (C=O) groups is 2. The van der Waals surface area contributed by atoms with Crippen molar-refractivity contribution in [2.75, 3.05) is 0 Å². The van der Waals surface area contributed by atoms with Crippen molar-refractivity contribution in [3.05, 3.63) is 81.5 Å². The van der Waals surface area contributed by atoms with Gasteiger partial charge in [-0.1, -0.05) is 6.58 Å². The van der Waals surface area contributed by atoms with E-state index in [-0.39, 0.29) is 0 Å². The third kappa shape index (κ3) is 5.09. The molecule has 2 aromatic rings. The van der Waals surface area contributed by atoms with Gasteiger partial charge in [0.05, 0.1) is 17.5 Å². The van der Waals surface area contributed by atoms with Gasteiger partial charge in [0.25, 0.3) is 0 Å². The molecular weight excluding hydrogens is 482 g/mol. The van der Waals surface area contributed by atoms with Crippen LogP contribution in [-0.2, 0) is 32.3 Å². The highest BCUT2D eigenvalue weighted by atomic mass is 19.2. The standard InChI is InChI=1S/C19H8F10O4/c1-5(19(31)33-4-7-11(22)15(26)18(29)16(27)12(7)23)2-8(30)32-3-6-9(20)13(24)17(28)14(25)10(6)21/h1-4H2. The topological polar surface area (TPSA) is 52.6 Å². The normalized spacial score (nSPS) is 10.8. The van der Waals surface area contributed by atoms with Crippen LogP contribution in [0.5, 0.6) is 0 Å². The van der Waals surface area contributed by atoms with Crippen LogP contribution in [0.3, 0.4) is 0 Å². The van der Waals surface area contributed by atoms with Crippen molar-refractivity contribution in [3.8, 4) is 0 Å². The van der Waals surface area contributed by atoms with Crippen LogP contribution in [0.2, 0.25) is 0 Å². The minimum Gasteiger partial charge on any atom is -0.460 e. The SMILES string of the molecule is C=C(CC(=O)OCc1c(F)c(F)c(F)c(F)c1F)C(=O)OCc1c(F)c(F)c(F)c(F)c1F. The van der Waals surface area contributed by atoms with Crippen LogP contribution in [0.15, 0.2) is 12.2 Å². The van der Waals surface area contributed by atoms with Gasteiger partial charge in [-0.15, -0.1) is 0 Å². The molecule has 0 amide bonds. The van der Waals surface area contributed by atoms with E-state index in [2.05, 4.69) is 16.1 Å². The number of ether oxygens (including phenoxy) is 2. The van der Waals surface area contributed by atoms with E-state index in [9.17, 15) is 53.5 Å². The summed E-state index contributed by atoms with van der Waals surface area (Å²) in [5, 5.41) is 0. The molecule has 0 aliphatic carbocycles. The van der Waals surface area contributed by atoms with Crippen molar-refractivity contribution in [3.63, 3.8) is 0 Å². The third-order valence-corrected chi connectivity index (χ3v) is 3.97. The zero-order chi connectivity index (χ0) is 25.2. The van der Waals surface area contributed by atoms with Gasteiger partial charge in [-0.2, -0.15) is 0 Å². The Kier molecular flexibility index (Phi) is 7.72. The quantitative estimate of drug-likeness (QED) is 0.184. The first-order chi connectivity index (χ1) is 15.3. The number of esters is 2. The summed E-state index contributed by atoms with van der Waals surface area (Å²) in [5.74, 6) is -26.2. The van der Waals surface area contributed by atoms with E-state index in [1.807, 2.05) is 0 Å². The maximum Gasteiger partial charge on any atom is 0.334 e. The lowest BCUT2D eigenvalue weighted by molar-refractivity contribution is -0.147. The number of hydrogen-bond donors (Lipinski definition) is 0. The summed E-state index contributed by atoms with van der Waals surface area (Å²) in [6.07, 6.45) is -1.09. The van der Waals surface area contributed by atoms with Crippen LogP contribution < -0.4 is 0 Å². The predicted molar refractivity (Wildman–Crippen MR) is 85.8 cm³/mol. The van der Waals surface area contributed by atoms with Gasteiger partial charge in [-0.25, -0.2) is 48.7 Å². The molecule has 4 nitrogen and oxygen atoms in total. The molecule has 0 aromatic heterocycles. The van der Waals surface area contributed by atoms with Gasteiger partial charge < -0.3 is 9.47 Å². The molecule has 0 unspecified atom stereocenters. The summed E-state index contributed by atoms with van der Waals surface area (Å²) in [5.41, 5.74) is -3.79. The second kappa shape index (κ2) is 9.92. The molecule has 0 heterocycles. The summed E-state index contributed by atoms with van der Waals surface area (Å²) in [6.45, 7) is 0.154. The molecule has 0 spiro atoms. The van der Waals surface area contributed by atoms with Gasteiger partial charge >= 0.3 is 11.9 Å². The van der Waals surface area contributed by atoms with Gasteiger partial charge in [0.15, 0.2) is 46.5 Å². The highest BCUT2D eigenvalue weighted by Gasteiger charge is 2.28. The summed E-state index contributed by atoms with van der Waals surface area (Å²) in [6, 6.07) is 0. The van der Waals surface area contributed by atoms with Crippen LogP contribution in [0.1, 0.15) is 17.5 Å². The largest absolute Gasteiger partial charge is 0.460 e. The highest BCUT2D eigenvalue weighted by molar-refractivity contribution is 5.93. The van der Waals surface area contributed by atoms with Gasteiger partial charge in [-0.3, -0.25) is 4.79 Å². The molecule has 0 N–H and O–H groups in total. The second-order valence-electron chi connectivity index (χ2n) is 6.11. The first-order valence-corrected chi connectivity index (χ1v) is 8.30. The van der Waals surface area contributed by atoms with Crippen LogP contribution in [0.25, 0.3) is 0 Å². The van der Waals surface area contributed by atoms with Crippen molar-refractivity contribution in [1.82, 2.24) is 0 Å². The van der Waals surface area contributed by atoms with Crippen LogP contribution in [0, 0.1) is 58.2 Å². The Labute approximate surface area is 177 Å². The Morgan fingerprint density at radius 2 is 0.848 bits per heavy atom. The minimum absolute atomic E-state index is 0.804. The highest BCUT2D eigenvalue weighted by Crippen LogP contribution is 2.25. The van der Waals surface area contributed by atoms with Crippen molar-refractivity contribution in [1.29, 1.82) is 0 Å². The molecule has 0 atom stereocenters. The van der Waals surface area contributed by atoms with Crippen molar-refractivity contribution in [2.45, 2.75) is 19.6 Å². The molecule has 2 aromatic carbocycles. The summed E-state index contributed by atoms with van der Waals surface area (Å²) in [7, 11) is 0. The number of rotatable bonds is 7. The molecule has 0 fully saturated rings. The van der Waals surface area contributed by atoms with Crippen LogP contribution in [-0.4, -0.2) is 11.9 Å². The fourth-order valence-corrected chi connectivity index (χ4v) is 2.24. The molecule has 0 aliphatic rings. The van der Waals surface area contributed by atoms with Crippen LogP contribution >= 0.6 is 0 Å². The van der Waals surface area contributed by atoms with E-state index >= 15 is 0 Å². The van der Waals surface area contributed by atoms with E-state index in [1.165, 1.54) is 0 Å². The second-order valence-corrected chi connectivity index (χ2v) is 6.11. The van der Waals surface area contributed by atoms with Gasteiger partial charge in [-0.05, 0) is 0 Å². The van der Waals surface area contributed by atoms with Crippen LogP contribution in [0.4, 0.5) is 43.9 Å². The summed E-state index contributed by atoms with van der Waals surface area (Å²) >= 11 is 0. The molecule has 0 radical (unpaired) electrons. The lowest BCUT2D eigenvalue weighted by Crippen LogP contribution is -2.16. The smallest absolute Gasteiger partial charge is 0.334 e. The maximum atomic E-state index is 13.5. The fourth-order valence-electron chi connectivity index (χ4n) is 2.24. The minimum atomic E-state index is -2.44.